The zero-order valence-corrected chi connectivity index (χ0v) is 12.8. The predicted octanol–water partition coefficient (Wildman–Crippen LogP) is 4.37. The summed E-state index contributed by atoms with van der Waals surface area (Å²) in [5.74, 6) is -1.30. The number of benzene rings is 1. The standard InChI is InChI=1S/C15H22F2N2S/c1-3-5-7-11(6-4-2)19-14-12(16)8-10(15(18)20)9-13(14)17/h8-9,11,19H,3-7H2,1-2H3,(H2,18,20). The molecule has 0 heterocycles. The first kappa shape index (κ1) is 16.8. The summed E-state index contributed by atoms with van der Waals surface area (Å²) < 4.78 is 28.0. The molecule has 0 bridgehead atoms. The van der Waals surface area contributed by atoms with E-state index in [1.807, 2.05) is 0 Å². The monoisotopic (exact) mass is 300 g/mol. The Bertz CT molecular complexity index is 440. The van der Waals surface area contributed by atoms with Crippen LogP contribution >= 0.6 is 12.2 Å². The molecule has 5 heteroatoms. The van der Waals surface area contributed by atoms with Crippen LogP contribution in [0.25, 0.3) is 0 Å². The van der Waals surface area contributed by atoms with Gasteiger partial charge >= 0.3 is 0 Å². The van der Waals surface area contributed by atoms with E-state index in [-0.39, 0.29) is 22.3 Å². The molecule has 0 fully saturated rings. The van der Waals surface area contributed by atoms with Crippen LogP contribution < -0.4 is 11.1 Å². The van der Waals surface area contributed by atoms with Gasteiger partial charge in [-0.2, -0.15) is 0 Å². The summed E-state index contributed by atoms with van der Waals surface area (Å²) >= 11 is 4.74. The number of anilines is 1. The Morgan fingerprint density at radius 1 is 1.20 bits per heavy atom. The number of hydrogen-bond donors (Lipinski definition) is 2. The molecular formula is C15H22F2N2S. The van der Waals surface area contributed by atoms with Crippen molar-refractivity contribution in [3.63, 3.8) is 0 Å². The molecule has 0 radical (unpaired) electrons. The summed E-state index contributed by atoms with van der Waals surface area (Å²) in [6.45, 7) is 4.16. The molecule has 1 rings (SSSR count). The van der Waals surface area contributed by atoms with Crippen LogP contribution in [-0.4, -0.2) is 11.0 Å². The van der Waals surface area contributed by atoms with Gasteiger partial charge in [0, 0.05) is 11.6 Å². The second-order valence-corrected chi connectivity index (χ2v) is 5.39. The first-order chi connectivity index (χ1) is 9.49. The van der Waals surface area contributed by atoms with Gasteiger partial charge in [0.05, 0.1) is 0 Å². The van der Waals surface area contributed by atoms with Crippen LogP contribution in [0.4, 0.5) is 14.5 Å². The third-order valence-electron chi connectivity index (χ3n) is 3.22. The van der Waals surface area contributed by atoms with Gasteiger partial charge in [0.15, 0.2) is 0 Å². The smallest absolute Gasteiger partial charge is 0.150 e. The number of hydrogen-bond acceptors (Lipinski definition) is 2. The van der Waals surface area contributed by atoms with Gasteiger partial charge in [0.2, 0.25) is 0 Å². The van der Waals surface area contributed by atoms with Crippen molar-refractivity contribution in [1.82, 2.24) is 0 Å². The maximum Gasteiger partial charge on any atom is 0.150 e. The van der Waals surface area contributed by atoms with E-state index in [2.05, 4.69) is 19.2 Å². The maximum atomic E-state index is 14.0. The Hall–Kier alpha value is -1.23. The molecule has 2 nitrogen and oxygen atoms in total. The van der Waals surface area contributed by atoms with Crippen molar-refractivity contribution in [2.45, 2.75) is 52.0 Å². The van der Waals surface area contributed by atoms with E-state index in [9.17, 15) is 8.78 Å². The molecule has 3 N–H and O–H groups in total. The van der Waals surface area contributed by atoms with Crippen molar-refractivity contribution < 1.29 is 8.78 Å². The van der Waals surface area contributed by atoms with Crippen LogP contribution in [0.3, 0.4) is 0 Å². The molecule has 1 atom stereocenters. The molecule has 112 valence electrons. The summed E-state index contributed by atoms with van der Waals surface area (Å²) in [5.41, 5.74) is 5.52. The number of halogens is 2. The zero-order valence-electron chi connectivity index (χ0n) is 12.0. The van der Waals surface area contributed by atoms with Gasteiger partial charge in [0.1, 0.15) is 22.3 Å². The molecule has 0 amide bonds. The topological polar surface area (TPSA) is 38.0 Å². The van der Waals surface area contributed by atoms with Crippen molar-refractivity contribution in [3.8, 4) is 0 Å². The molecule has 0 aromatic heterocycles. The number of thiocarbonyl (C=S) groups is 1. The number of unbranched alkanes of at least 4 members (excludes halogenated alkanes) is 1. The van der Waals surface area contributed by atoms with Crippen LogP contribution in [-0.2, 0) is 0 Å². The van der Waals surface area contributed by atoms with E-state index < -0.39 is 11.6 Å². The SMILES string of the molecule is CCCCC(CCC)Nc1c(F)cc(C(N)=S)cc1F. The van der Waals surface area contributed by atoms with Gasteiger partial charge in [0.25, 0.3) is 0 Å². The van der Waals surface area contributed by atoms with Crippen LogP contribution in [0, 0.1) is 11.6 Å². The van der Waals surface area contributed by atoms with Crippen molar-refractivity contribution in [2.24, 2.45) is 5.73 Å². The third kappa shape index (κ3) is 4.71. The van der Waals surface area contributed by atoms with Gasteiger partial charge in [-0.25, -0.2) is 8.78 Å². The molecule has 0 spiro atoms. The van der Waals surface area contributed by atoms with Crippen molar-refractivity contribution >= 4 is 22.9 Å². The van der Waals surface area contributed by atoms with Gasteiger partial charge in [-0.15, -0.1) is 0 Å². The Kier molecular flexibility index (Phi) is 6.85. The highest BCUT2D eigenvalue weighted by Gasteiger charge is 2.16. The van der Waals surface area contributed by atoms with Crippen molar-refractivity contribution in [1.29, 1.82) is 0 Å². The number of nitrogens with two attached hydrogens (primary N) is 1. The lowest BCUT2D eigenvalue weighted by Gasteiger charge is -2.20. The first-order valence-electron chi connectivity index (χ1n) is 7.04. The fourth-order valence-electron chi connectivity index (χ4n) is 2.15. The largest absolute Gasteiger partial charge is 0.389 e. The Morgan fingerprint density at radius 3 is 2.25 bits per heavy atom. The summed E-state index contributed by atoms with van der Waals surface area (Å²) in [7, 11) is 0. The van der Waals surface area contributed by atoms with Crippen molar-refractivity contribution in [2.75, 3.05) is 5.32 Å². The summed E-state index contributed by atoms with van der Waals surface area (Å²) in [5, 5.41) is 2.98. The van der Waals surface area contributed by atoms with Gasteiger partial charge < -0.3 is 11.1 Å². The minimum Gasteiger partial charge on any atom is -0.389 e. The molecule has 1 aromatic rings. The Labute approximate surface area is 124 Å². The average molecular weight is 300 g/mol. The highest BCUT2D eigenvalue weighted by atomic mass is 32.1. The minimum atomic E-state index is -0.648. The summed E-state index contributed by atoms with van der Waals surface area (Å²) in [4.78, 5) is -0.00885. The molecule has 1 unspecified atom stereocenters. The average Bonchev–Trinajstić information content (AvgIpc) is 2.39. The van der Waals surface area contributed by atoms with Crippen LogP contribution in [0.15, 0.2) is 12.1 Å². The molecule has 20 heavy (non-hydrogen) atoms. The molecular weight excluding hydrogens is 278 g/mol. The second kappa shape index (κ2) is 8.15. The molecule has 0 saturated carbocycles. The number of nitrogens with one attached hydrogen (secondary N) is 1. The van der Waals surface area contributed by atoms with E-state index in [4.69, 9.17) is 18.0 Å². The van der Waals surface area contributed by atoms with E-state index >= 15 is 0 Å². The van der Waals surface area contributed by atoms with Crippen LogP contribution in [0.5, 0.6) is 0 Å². The zero-order chi connectivity index (χ0) is 15.1. The van der Waals surface area contributed by atoms with Gasteiger partial charge in [-0.1, -0.05) is 45.3 Å². The highest BCUT2D eigenvalue weighted by Crippen LogP contribution is 2.23. The quantitative estimate of drug-likeness (QED) is 0.700. The molecule has 0 saturated heterocycles. The third-order valence-corrected chi connectivity index (χ3v) is 3.45. The highest BCUT2D eigenvalue weighted by molar-refractivity contribution is 7.80. The fourth-order valence-corrected chi connectivity index (χ4v) is 2.26. The normalized spacial score (nSPS) is 12.2. The summed E-state index contributed by atoms with van der Waals surface area (Å²) in [6.07, 6.45) is 4.85. The lowest BCUT2D eigenvalue weighted by molar-refractivity contribution is 0.542. The molecule has 0 aliphatic carbocycles. The fraction of sp³-hybridized carbons (Fsp3) is 0.533. The molecule has 0 aliphatic rings. The number of rotatable bonds is 8. The lowest BCUT2D eigenvalue weighted by atomic mass is 10.0. The van der Waals surface area contributed by atoms with Crippen LogP contribution in [0.1, 0.15) is 51.5 Å². The second-order valence-electron chi connectivity index (χ2n) is 4.95. The summed E-state index contributed by atoms with van der Waals surface area (Å²) in [6, 6.07) is 2.44. The first-order valence-corrected chi connectivity index (χ1v) is 7.45. The Morgan fingerprint density at radius 2 is 1.80 bits per heavy atom. The van der Waals surface area contributed by atoms with Gasteiger partial charge in [-0.3, -0.25) is 0 Å². The van der Waals surface area contributed by atoms with E-state index in [1.54, 1.807) is 0 Å². The lowest BCUT2D eigenvalue weighted by Crippen LogP contribution is -2.21. The maximum absolute atomic E-state index is 14.0. The van der Waals surface area contributed by atoms with E-state index in [1.165, 1.54) is 12.1 Å². The van der Waals surface area contributed by atoms with Crippen molar-refractivity contribution in [3.05, 3.63) is 29.3 Å². The van der Waals surface area contributed by atoms with E-state index in [0.717, 1.165) is 32.1 Å². The Balaban J connectivity index is 2.91. The molecule has 0 aliphatic heterocycles. The minimum absolute atomic E-state index is 0.00885. The van der Waals surface area contributed by atoms with E-state index in [0.29, 0.717) is 0 Å². The predicted molar refractivity (Wildman–Crippen MR) is 84.1 cm³/mol. The van der Waals surface area contributed by atoms with Gasteiger partial charge in [-0.05, 0) is 25.0 Å². The molecule has 1 aromatic carbocycles. The van der Waals surface area contributed by atoms with Crippen LogP contribution in [0.2, 0.25) is 0 Å².